The number of amides is 1. The number of pyridine rings is 1. The number of aliphatic carboxylic acids is 2. The Morgan fingerprint density at radius 3 is 2.38 bits per heavy atom. The fourth-order valence-corrected chi connectivity index (χ4v) is 3.12. The first-order valence-corrected chi connectivity index (χ1v) is 10.00. The van der Waals surface area contributed by atoms with Crippen LogP contribution in [0.5, 0.6) is 5.75 Å². The lowest BCUT2D eigenvalue weighted by Gasteiger charge is -2.22. The molecule has 1 atom stereocenters. The van der Waals surface area contributed by atoms with Crippen LogP contribution in [0.25, 0.3) is 10.9 Å². The lowest BCUT2D eigenvalue weighted by atomic mass is 10.1. The molecule has 184 valence electrons. The van der Waals surface area contributed by atoms with Gasteiger partial charge in [0, 0.05) is 37.3 Å². The monoisotopic (exact) mass is 483 g/mol. The van der Waals surface area contributed by atoms with Crippen LogP contribution in [0.1, 0.15) is 22.3 Å². The Hall–Kier alpha value is -3.67. The highest BCUT2D eigenvalue weighted by Gasteiger charge is 2.32. The summed E-state index contributed by atoms with van der Waals surface area (Å²) in [5.41, 5.74) is -0.354. The number of carboxylic acids is 2. The van der Waals surface area contributed by atoms with E-state index in [1.807, 2.05) is 19.0 Å². The van der Waals surface area contributed by atoms with Gasteiger partial charge in [0.05, 0.1) is 17.6 Å². The van der Waals surface area contributed by atoms with E-state index in [2.05, 4.69) is 4.98 Å². The normalized spacial score (nSPS) is 16.0. The number of rotatable bonds is 5. The fourth-order valence-electron chi connectivity index (χ4n) is 3.12. The highest BCUT2D eigenvalue weighted by Crippen LogP contribution is 2.36. The van der Waals surface area contributed by atoms with Crippen molar-refractivity contribution in [3.05, 3.63) is 47.7 Å². The molecular weight excluding hydrogens is 459 g/mol. The minimum absolute atomic E-state index is 0.155. The number of fused-ring (bicyclic) bond motifs is 3. The second-order valence-electron chi connectivity index (χ2n) is 7.76. The smallest absolute Gasteiger partial charge is 0.416 e. The summed E-state index contributed by atoms with van der Waals surface area (Å²) in [6.07, 6.45) is -1.60. The van der Waals surface area contributed by atoms with Crippen LogP contribution in [0.2, 0.25) is 0 Å². The lowest BCUT2D eigenvalue weighted by Crippen LogP contribution is -2.35. The van der Waals surface area contributed by atoms with E-state index in [1.54, 1.807) is 11.9 Å². The number of carboxylic acid groups (broad SMARTS) is 2. The number of carbonyl (C=O) groups is 3. The number of carbonyl (C=O) groups excluding carboxylic acids is 1. The van der Waals surface area contributed by atoms with Gasteiger partial charge in [-0.2, -0.15) is 13.2 Å². The number of halogens is 3. The zero-order valence-corrected chi connectivity index (χ0v) is 18.7. The van der Waals surface area contributed by atoms with Crippen LogP contribution in [0, 0.1) is 0 Å². The third kappa shape index (κ3) is 7.17. The summed E-state index contributed by atoms with van der Waals surface area (Å²) in [5, 5.41) is 16.0. The van der Waals surface area contributed by atoms with Gasteiger partial charge in [0.2, 0.25) is 0 Å². The number of likely N-dealkylation sites (N-methyl/N-ethyl adjacent to an activating group) is 1. The predicted molar refractivity (Wildman–Crippen MR) is 116 cm³/mol. The Balaban J connectivity index is 0.000000440. The van der Waals surface area contributed by atoms with Crippen molar-refractivity contribution in [1.29, 1.82) is 0 Å². The summed E-state index contributed by atoms with van der Waals surface area (Å²) in [7, 11) is 5.56. The third-order valence-corrected chi connectivity index (χ3v) is 4.75. The van der Waals surface area contributed by atoms with Gasteiger partial charge in [-0.1, -0.05) is 0 Å². The molecule has 0 bridgehead atoms. The van der Waals surface area contributed by atoms with Crippen LogP contribution < -0.4 is 4.74 Å². The molecule has 9 nitrogen and oxygen atoms in total. The Morgan fingerprint density at radius 2 is 1.85 bits per heavy atom. The average molecular weight is 483 g/mol. The number of hydrogen-bond donors (Lipinski definition) is 2. The number of alkyl halides is 3. The second kappa shape index (κ2) is 11.0. The van der Waals surface area contributed by atoms with Crippen molar-refractivity contribution in [2.24, 2.45) is 0 Å². The van der Waals surface area contributed by atoms with E-state index in [1.165, 1.54) is 12.3 Å². The zero-order chi connectivity index (χ0) is 25.6. The first-order chi connectivity index (χ1) is 15.8. The van der Waals surface area contributed by atoms with Gasteiger partial charge >= 0.3 is 18.1 Å². The van der Waals surface area contributed by atoms with E-state index in [0.29, 0.717) is 36.3 Å². The van der Waals surface area contributed by atoms with E-state index < -0.39 is 23.7 Å². The molecule has 0 saturated heterocycles. The molecule has 1 unspecified atom stereocenters. The van der Waals surface area contributed by atoms with Gasteiger partial charge in [-0.15, -0.1) is 0 Å². The standard InChI is InChI=1S/C18H20F3N3O2.C4H4O4/c1-23(2)7-6-12-10-24(3)17(25)14-9-22-15-8-11(18(19,20)21)4-5-13(15)16(14)26-12;5-3(6)1-2-4(7)8/h4-5,8-9,12H,6-7,10H2,1-3H3;1-2H,(H,5,6)(H,7,8)/b;2-1+. The van der Waals surface area contributed by atoms with Crippen LogP contribution in [-0.4, -0.2) is 83.2 Å². The molecule has 1 aliphatic rings. The number of benzene rings is 1. The van der Waals surface area contributed by atoms with Gasteiger partial charge in [-0.05, 0) is 38.7 Å². The Bertz CT molecular complexity index is 1090. The van der Waals surface area contributed by atoms with E-state index >= 15 is 0 Å². The van der Waals surface area contributed by atoms with Crippen molar-refractivity contribution >= 4 is 28.7 Å². The number of nitrogens with zero attached hydrogens (tertiary/aromatic N) is 3. The first-order valence-electron chi connectivity index (χ1n) is 10.00. The molecular formula is C22H24F3N3O6. The van der Waals surface area contributed by atoms with E-state index in [0.717, 1.165) is 18.7 Å². The maximum absolute atomic E-state index is 12.9. The second-order valence-corrected chi connectivity index (χ2v) is 7.76. The fraction of sp³-hybridized carbons (Fsp3) is 0.364. The maximum atomic E-state index is 12.9. The van der Waals surface area contributed by atoms with Crippen molar-refractivity contribution in [2.45, 2.75) is 18.7 Å². The third-order valence-electron chi connectivity index (χ3n) is 4.75. The Kier molecular flexibility index (Phi) is 8.57. The summed E-state index contributed by atoms with van der Waals surface area (Å²) >= 11 is 0. The molecule has 3 rings (SSSR count). The summed E-state index contributed by atoms with van der Waals surface area (Å²) in [4.78, 5) is 39.3. The number of hydrogen-bond acceptors (Lipinski definition) is 6. The van der Waals surface area contributed by atoms with Gasteiger partial charge in [0.15, 0.2) is 0 Å². The van der Waals surface area contributed by atoms with Crippen LogP contribution in [0.4, 0.5) is 13.2 Å². The summed E-state index contributed by atoms with van der Waals surface area (Å²) in [6.45, 7) is 1.17. The summed E-state index contributed by atoms with van der Waals surface area (Å²) in [5.74, 6) is -2.46. The number of ether oxygens (including phenoxy) is 1. The van der Waals surface area contributed by atoms with Crippen LogP contribution in [0.3, 0.4) is 0 Å². The minimum Gasteiger partial charge on any atom is -0.487 e. The molecule has 34 heavy (non-hydrogen) atoms. The molecule has 2 N–H and O–H groups in total. The van der Waals surface area contributed by atoms with E-state index in [9.17, 15) is 27.6 Å². The average Bonchev–Trinajstić information content (AvgIpc) is 2.86. The van der Waals surface area contributed by atoms with Crippen molar-refractivity contribution < 1.29 is 42.5 Å². The van der Waals surface area contributed by atoms with Crippen molar-refractivity contribution in [3.8, 4) is 5.75 Å². The molecule has 0 radical (unpaired) electrons. The van der Waals surface area contributed by atoms with Gasteiger partial charge in [0.25, 0.3) is 5.91 Å². The summed E-state index contributed by atoms with van der Waals surface area (Å²) in [6, 6.07) is 3.29. The SMILES string of the molecule is CN(C)CCC1CN(C)C(=O)c2cnc3cc(C(F)(F)F)ccc3c2O1.O=C(O)/C=C/C(=O)O. The number of aromatic nitrogens is 1. The molecule has 0 aliphatic carbocycles. The molecule has 2 aromatic rings. The van der Waals surface area contributed by atoms with Crippen molar-refractivity contribution in [1.82, 2.24) is 14.8 Å². The maximum Gasteiger partial charge on any atom is 0.416 e. The minimum atomic E-state index is -4.45. The molecule has 1 aromatic carbocycles. The molecule has 2 heterocycles. The van der Waals surface area contributed by atoms with E-state index in [4.69, 9.17) is 14.9 Å². The molecule has 1 amide bonds. The topological polar surface area (TPSA) is 120 Å². The first kappa shape index (κ1) is 26.6. The molecule has 12 heteroatoms. The Labute approximate surface area is 193 Å². The zero-order valence-electron chi connectivity index (χ0n) is 18.7. The largest absolute Gasteiger partial charge is 0.487 e. The van der Waals surface area contributed by atoms with Crippen LogP contribution >= 0.6 is 0 Å². The van der Waals surface area contributed by atoms with Gasteiger partial charge in [-0.25, -0.2) is 9.59 Å². The highest BCUT2D eigenvalue weighted by atomic mass is 19.4. The molecule has 0 spiro atoms. The van der Waals surface area contributed by atoms with Crippen molar-refractivity contribution in [2.75, 3.05) is 34.2 Å². The molecule has 0 fully saturated rings. The summed E-state index contributed by atoms with van der Waals surface area (Å²) < 4.78 is 44.9. The Morgan fingerprint density at radius 1 is 1.24 bits per heavy atom. The quantitative estimate of drug-likeness (QED) is 0.623. The van der Waals surface area contributed by atoms with Crippen LogP contribution in [-0.2, 0) is 15.8 Å². The van der Waals surface area contributed by atoms with Gasteiger partial charge in [-0.3, -0.25) is 9.78 Å². The highest BCUT2D eigenvalue weighted by molar-refractivity contribution is 6.02. The predicted octanol–water partition coefficient (Wildman–Crippen LogP) is 2.75. The molecule has 1 aromatic heterocycles. The van der Waals surface area contributed by atoms with Crippen LogP contribution in [0.15, 0.2) is 36.5 Å². The van der Waals surface area contributed by atoms with Gasteiger partial charge in [0.1, 0.15) is 17.4 Å². The van der Waals surface area contributed by atoms with E-state index in [-0.39, 0.29) is 23.1 Å². The van der Waals surface area contributed by atoms with Crippen molar-refractivity contribution in [3.63, 3.8) is 0 Å². The molecule has 0 saturated carbocycles. The van der Waals surface area contributed by atoms with Gasteiger partial charge < -0.3 is 24.7 Å². The lowest BCUT2D eigenvalue weighted by molar-refractivity contribution is -0.137. The molecule has 1 aliphatic heterocycles.